The molecule has 2 N–H and O–H groups in total. The fourth-order valence-electron chi connectivity index (χ4n) is 3.08. The molecule has 1 heterocycles. The summed E-state index contributed by atoms with van der Waals surface area (Å²) in [4.78, 5) is 29.1. The SMILES string of the molecule is COc1ccc(NC(=O)c2ccc(COC(=O)c3csc(NCc4ccccc4)n3)cc2)cc1. The van der Waals surface area contributed by atoms with E-state index in [-0.39, 0.29) is 18.2 Å². The molecule has 0 spiro atoms. The van der Waals surface area contributed by atoms with Crippen LogP contribution in [0.15, 0.2) is 84.2 Å². The van der Waals surface area contributed by atoms with Gasteiger partial charge in [0.25, 0.3) is 5.91 Å². The van der Waals surface area contributed by atoms with Gasteiger partial charge in [0.05, 0.1) is 7.11 Å². The van der Waals surface area contributed by atoms with Crippen molar-refractivity contribution in [1.29, 1.82) is 0 Å². The number of nitrogens with zero attached hydrogens (tertiary/aromatic N) is 1. The van der Waals surface area contributed by atoms with Gasteiger partial charge < -0.3 is 20.1 Å². The molecule has 0 fully saturated rings. The highest BCUT2D eigenvalue weighted by Crippen LogP contribution is 2.19. The third-order valence-electron chi connectivity index (χ3n) is 4.93. The van der Waals surface area contributed by atoms with Crippen molar-refractivity contribution in [2.45, 2.75) is 13.2 Å². The minimum absolute atomic E-state index is 0.0868. The average Bonchev–Trinajstić information content (AvgIpc) is 3.37. The first-order chi connectivity index (χ1) is 16.6. The zero-order valence-electron chi connectivity index (χ0n) is 18.5. The molecule has 0 saturated heterocycles. The summed E-state index contributed by atoms with van der Waals surface area (Å²) >= 11 is 1.35. The van der Waals surface area contributed by atoms with Gasteiger partial charge in [0.2, 0.25) is 0 Å². The predicted octanol–water partition coefficient (Wildman–Crippen LogP) is 5.37. The first-order valence-electron chi connectivity index (χ1n) is 10.6. The smallest absolute Gasteiger partial charge is 0.358 e. The van der Waals surface area contributed by atoms with E-state index >= 15 is 0 Å². The number of hydrogen-bond donors (Lipinski definition) is 2. The monoisotopic (exact) mass is 473 g/mol. The summed E-state index contributed by atoms with van der Waals surface area (Å²) in [6.07, 6.45) is 0. The summed E-state index contributed by atoms with van der Waals surface area (Å²) in [6, 6.07) is 23.9. The number of carbonyl (C=O) groups is 2. The van der Waals surface area contributed by atoms with Gasteiger partial charge in [-0.1, -0.05) is 42.5 Å². The van der Waals surface area contributed by atoms with Crippen LogP contribution in [0, 0.1) is 0 Å². The summed E-state index contributed by atoms with van der Waals surface area (Å²) in [7, 11) is 1.59. The summed E-state index contributed by atoms with van der Waals surface area (Å²) < 4.78 is 10.5. The quantitative estimate of drug-likeness (QED) is 0.318. The van der Waals surface area contributed by atoms with E-state index in [9.17, 15) is 9.59 Å². The van der Waals surface area contributed by atoms with Gasteiger partial charge in [0.1, 0.15) is 12.4 Å². The van der Waals surface area contributed by atoms with Crippen molar-refractivity contribution in [2.75, 3.05) is 17.7 Å². The number of thiazole rings is 1. The second kappa shape index (κ2) is 11.1. The van der Waals surface area contributed by atoms with E-state index < -0.39 is 5.97 Å². The minimum atomic E-state index is -0.495. The second-order valence-electron chi connectivity index (χ2n) is 7.33. The van der Waals surface area contributed by atoms with Crippen molar-refractivity contribution >= 4 is 34.0 Å². The molecule has 1 aromatic heterocycles. The van der Waals surface area contributed by atoms with Crippen molar-refractivity contribution in [3.63, 3.8) is 0 Å². The lowest BCUT2D eigenvalue weighted by atomic mass is 10.1. The summed E-state index contributed by atoms with van der Waals surface area (Å²) in [5.74, 6) is -0.00808. The molecule has 4 rings (SSSR count). The van der Waals surface area contributed by atoms with E-state index in [0.29, 0.717) is 28.7 Å². The number of esters is 1. The van der Waals surface area contributed by atoms with Gasteiger partial charge in [-0.3, -0.25) is 4.79 Å². The first kappa shape index (κ1) is 23.0. The van der Waals surface area contributed by atoms with Crippen molar-refractivity contribution in [3.8, 4) is 5.75 Å². The van der Waals surface area contributed by atoms with Crippen LogP contribution in [0.1, 0.15) is 32.0 Å². The molecule has 4 aromatic rings. The van der Waals surface area contributed by atoms with Gasteiger partial charge >= 0.3 is 5.97 Å². The van der Waals surface area contributed by atoms with Crippen molar-refractivity contribution < 1.29 is 19.1 Å². The number of hydrogen-bond acceptors (Lipinski definition) is 7. The molecule has 0 saturated carbocycles. The van der Waals surface area contributed by atoms with Crippen molar-refractivity contribution in [3.05, 3.63) is 107 Å². The molecule has 3 aromatic carbocycles. The lowest BCUT2D eigenvalue weighted by molar-refractivity contribution is 0.0466. The maximum atomic E-state index is 12.4. The molecule has 0 aliphatic carbocycles. The number of rotatable bonds is 9. The van der Waals surface area contributed by atoms with Crippen LogP contribution in [0.5, 0.6) is 5.75 Å². The van der Waals surface area contributed by atoms with Crippen LogP contribution in [0.4, 0.5) is 10.8 Å². The molecule has 0 aliphatic rings. The Morgan fingerprint density at radius 2 is 1.65 bits per heavy atom. The number of aromatic nitrogens is 1. The summed E-state index contributed by atoms with van der Waals surface area (Å²) in [6.45, 7) is 0.713. The molecule has 1 amide bonds. The van der Waals surface area contributed by atoms with E-state index in [4.69, 9.17) is 9.47 Å². The zero-order valence-corrected chi connectivity index (χ0v) is 19.3. The molecule has 0 unspecified atom stereocenters. The summed E-state index contributed by atoms with van der Waals surface area (Å²) in [5.41, 5.74) is 3.33. The van der Waals surface area contributed by atoms with Crippen LogP contribution in [0.2, 0.25) is 0 Å². The molecule has 0 bridgehead atoms. The Morgan fingerprint density at radius 1 is 0.912 bits per heavy atom. The topological polar surface area (TPSA) is 89.5 Å². The number of ether oxygens (including phenoxy) is 2. The van der Waals surface area contributed by atoms with Crippen molar-refractivity contribution in [1.82, 2.24) is 4.98 Å². The highest BCUT2D eigenvalue weighted by Gasteiger charge is 2.13. The normalized spacial score (nSPS) is 10.4. The van der Waals surface area contributed by atoms with E-state index in [1.165, 1.54) is 11.3 Å². The number of carbonyl (C=O) groups excluding carboxylic acids is 2. The Labute approximate surface area is 201 Å². The molecular weight excluding hydrogens is 450 g/mol. The second-order valence-corrected chi connectivity index (χ2v) is 8.19. The van der Waals surface area contributed by atoms with Gasteiger partial charge in [0.15, 0.2) is 10.8 Å². The summed E-state index contributed by atoms with van der Waals surface area (Å²) in [5, 5.41) is 8.36. The van der Waals surface area contributed by atoms with E-state index in [2.05, 4.69) is 15.6 Å². The largest absolute Gasteiger partial charge is 0.497 e. The average molecular weight is 474 g/mol. The van der Waals surface area contributed by atoms with Crippen LogP contribution >= 0.6 is 11.3 Å². The first-order valence-corrected chi connectivity index (χ1v) is 11.4. The van der Waals surface area contributed by atoms with E-state index in [1.807, 2.05) is 30.3 Å². The Kier molecular flexibility index (Phi) is 7.52. The fourth-order valence-corrected chi connectivity index (χ4v) is 3.75. The van der Waals surface area contributed by atoms with Crippen LogP contribution < -0.4 is 15.4 Å². The zero-order chi connectivity index (χ0) is 23.8. The molecule has 0 atom stereocenters. The fraction of sp³-hybridized carbons (Fsp3) is 0.115. The highest BCUT2D eigenvalue weighted by atomic mass is 32.1. The van der Waals surface area contributed by atoms with Gasteiger partial charge in [0, 0.05) is 23.2 Å². The number of methoxy groups -OCH3 is 1. The Hall–Kier alpha value is -4.17. The number of anilines is 2. The molecule has 172 valence electrons. The number of benzene rings is 3. The Balaban J connectivity index is 1.26. The van der Waals surface area contributed by atoms with E-state index in [1.54, 1.807) is 61.0 Å². The minimum Gasteiger partial charge on any atom is -0.497 e. The lowest BCUT2D eigenvalue weighted by Gasteiger charge is -2.08. The molecular formula is C26H23N3O4S. The predicted molar refractivity (Wildman–Crippen MR) is 132 cm³/mol. The van der Waals surface area contributed by atoms with Crippen LogP contribution in [0.3, 0.4) is 0 Å². The van der Waals surface area contributed by atoms with Gasteiger partial charge in [-0.05, 0) is 47.5 Å². The molecule has 0 aliphatic heterocycles. The molecule has 7 nitrogen and oxygen atoms in total. The van der Waals surface area contributed by atoms with E-state index in [0.717, 1.165) is 11.1 Å². The maximum Gasteiger partial charge on any atom is 0.358 e. The highest BCUT2D eigenvalue weighted by molar-refractivity contribution is 7.13. The Bertz CT molecular complexity index is 1240. The van der Waals surface area contributed by atoms with Crippen LogP contribution in [0.25, 0.3) is 0 Å². The number of amides is 1. The van der Waals surface area contributed by atoms with Crippen LogP contribution in [-0.2, 0) is 17.9 Å². The molecule has 0 radical (unpaired) electrons. The third kappa shape index (κ3) is 6.20. The molecule has 8 heteroatoms. The van der Waals surface area contributed by atoms with Crippen molar-refractivity contribution in [2.24, 2.45) is 0 Å². The lowest BCUT2D eigenvalue weighted by Crippen LogP contribution is -2.12. The Morgan fingerprint density at radius 3 is 2.35 bits per heavy atom. The third-order valence-corrected chi connectivity index (χ3v) is 5.73. The number of nitrogens with one attached hydrogen (secondary N) is 2. The van der Waals surface area contributed by atoms with Gasteiger partial charge in [-0.15, -0.1) is 11.3 Å². The van der Waals surface area contributed by atoms with Crippen LogP contribution in [-0.4, -0.2) is 24.0 Å². The maximum absolute atomic E-state index is 12.4. The van der Waals surface area contributed by atoms with Gasteiger partial charge in [-0.2, -0.15) is 0 Å². The van der Waals surface area contributed by atoms with Gasteiger partial charge in [-0.25, -0.2) is 9.78 Å². The standard InChI is InChI=1S/C26H23N3O4S/c1-32-22-13-11-21(12-14-22)28-24(30)20-9-7-19(8-10-20)16-33-25(31)23-17-34-26(29-23)27-15-18-5-3-2-4-6-18/h2-14,17H,15-16H2,1H3,(H,27,29)(H,28,30). The molecule has 34 heavy (non-hydrogen) atoms.